The molecular weight excluding hydrogens is 164 g/mol. The summed E-state index contributed by atoms with van der Waals surface area (Å²) in [5.74, 6) is -0.430. The van der Waals surface area contributed by atoms with E-state index in [0.717, 1.165) is 0 Å². The summed E-state index contributed by atoms with van der Waals surface area (Å²) in [4.78, 5) is 11.0. The number of allylic oxidation sites excluding steroid dienone is 2. The summed E-state index contributed by atoms with van der Waals surface area (Å²) in [7, 11) is 0. The van der Waals surface area contributed by atoms with E-state index < -0.39 is 0 Å². The van der Waals surface area contributed by atoms with Gasteiger partial charge in [0.05, 0.1) is 5.03 Å². The second-order valence-electron chi connectivity index (χ2n) is 3.68. The molecule has 0 amide bonds. The van der Waals surface area contributed by atoms with Crippen LogP contribution in [0.2, 0.25) is 0 Å². The topological polar surface area (TPSA) is 40.1 Å². The van der Waals surface area contributed by atoms with Gasteiger partial charge in [-0.05, 0) is 11.8 Å². The molecule has 1 aliphatic rings. The summed E-state index contributed by atoms with van der Waals surface area (Å²) >= 11 is 5.46. The van der Waals surface area contributed by atoms with Crippen molar-refractivity contribution in [3.8, 4) is 0 Å². The van der Waals surface area contributed by atoms with Gasteiger partial charge in [-0.15, -0.1) is 5.76 Å². The number of hydrogen-bond donors (Lipinski definition) is 0. The van der Waals surface area contributed by atoms with Crippen molar-refractivity contribution in [1.29, 1.82) is 0 Å². The number of carbonyl (C=O) groups excluding carboxylic acids is 1. The van der Waals surface area contributed by atoms with E-state index in [1.165, 1.54) is 0 Å². The third kappa shape index (κ3) is 1.74. The number of carbonyl (C=O) groups is 1. The molecule has 0 aromatic rings. The van der Waals surface area contributed by atoms with Gasteiger partial charge in [-0.1, -0.05) is 25.4 Å². The van der Waals surface area contributed by atoms with Gasteiger partial charge in [0.15, 0.2) is 5.78 Å². The highest BCUT2D eigenvalue weighted by Gasteiger charge is 2.28. The minimum atomic E-state index is -0.215. The molecule has 11 heavy (non-hydrogen) atoms. The number of halogens is 1. The molecule has 0 heterocycles. The highest BCUT2D eigenvalue weighted by atomic mass is 35.5. The third-order valence-electron chi connectivity index (χ3n) is 1.77. The van der Waals surface area contributed by atoms with Crippen LogP contribution in [0, 0.1) is 5.41 Å². The van der Waals surface area contributed by atoms with Gasteiger partial charge < -0.3 is 5.11 Å². The molecule has 0 fully saturated rings. The fraction of sp³-hybridized carbons (Fsp3) is 0.625. The molecule has 0 bridgehead atoms. The molecule has 0 aliphatic heterocycles. The zero-order chi connectivity index (χ0) is 8.65. The van der Waals surface area contributed by atoms with Crippen LogP contribution >= 0.6 is 11.6 Å². The van der Waals surface area contributed by atoms with Gasteiger partial charge in [0.1, 0.15) is 0 Å². The fourth-order valence-corrected chi connectivity index (χ4v) is 1.38. The average molecular weight is 174 g/mol. The van der Waals surface area contributed by atoms with E-state index in [-0.39, 0.29) is 22.0 Å². The SMILES string of the molecule is CC1(C)CC(=O)C(Cl)=C([O-])C1. The van der Waals surface area contributed by atoms with E-state index in [0.29, 0.717) is 12.8 Å². The maximum Gasteiger partial charge on any atom is 0.173 e. The van der Waals surface area contributed by atoms with Gasteiger partial charge in [-0.2, -0.15) is 0 Å². The minimum absolute atomic E-state index is 0.0932. The van der Waals surface area contributed by atoms with Crippen LogP contribution in [0.5, 0.6) is 0 Å². The highest BCUT2D eigenvalue weighted by Crippen LogP contribution is 2.35. The monoisotopic (exact) mass is 173 g/mol. The van der Waals surface area contributed by atoms with Crippen molar-refractivity contribution < 1.29 is 9.90 Å². The second kappa shape index (κ2) is 2.52. The molecule has 3 heteroatoms. The van der Waals surface area contributed by atoms with Gasteiger partial charge in [-0.3, -0.25) is 4.79 Å². The van der Waals surface area contributed by atoms with Gasteiger partial charge >= 0.3 is 0 Å². The minimum Gasteiger partial charge on any atom is -0.874 e. The Morgan fingerprint density at radius 1 is 1.45 bits per heavy atom. The largest absolute Gasteiger partial charge is 0.874 e. The van der Waals surface area contributed by atoms with E-state index in [1.54, 1.807) is 0 Å². The summed E-state index contributed by atoms with van der Waals surface area (Å²) in [6.45, 7) is 3.79. The summed E-state index contributed by atoms with van der Waals surface area (Å²) < 4.78 is 0. The quantitative estimate of drug-likeness (QED) is 0.552. The standard InChI is InChI=1S/C8H11ClO2/c1-8(2)3-5(10)7(9)6(11)4-8/h10H,3-4H2,1-2H3/p-1. The summed E-state index contributed by atoms with van der Waals surface area (Å²) in [5.41, 5.74) is -0.202. The predicted octanol–water partition coefficient (Wildman–Crippen LogP) is 1.19. The van der Waals surface area contributed by atoms with Crippen molar-refractivity contribution >= 4 is 17.4 Å². The van der Waals surface area contributed by atoms with Crippen LogP contribution in [0.4, 0.5) is 0 Å². The van der Waals surface area contributed by atoms with Crippen LogP contribution in [-0.4, -0.2) is 5.78 Å². The zero-order valence-electron chi connectivity index (χ0n) is 6.61. The summed E-state index contributed by atoms with van der Waals surface area (Å²) in [6.07, 6.45) is 0.773. The highest BCUT2D eigenvalue weighted by molar-refractivity contribution is 6.43. The van der Waals surface area contributed by atoms with Crippen LogP contribution in [0.15, 0.2) is 10.8 Å². The predicted molar refractivity (Wildman–Crippen MR) is 40.9 cm³/mol. The molecule has 0 atom stereocenters. The smallest absolute Gasteiger partial charge is 0.173 e. The molecule has 0 N–H and O–H groups in total. The Labute approximate surface area is 70.9 Å². The lowest BCUT2D eigenvalue weighted by molar-refractivity contribution is -0.311. The molecule has 0 saturated heterocycles. The van der Waals surface area contributed by atoms with Gasteiger partial charge in [0.2, 0.25) is 0 Å². The molecule has 0 saturated carbocycles. The lowest BCUT2D eigenvalue weighted by Crippen LogP contribution is -2.28. The Morgan fingerprint density at radius 3 is 2.45 bits per heavy atom. The molecule has 2 nitrogen and oxygen atoms in total. The second-order valence-corrected chi connectivity index (χ2v) is 4.06. The molecule has 0 radical (unpaired) electrons. The van der Waals surface area contributed by atoms with Crippen LogP contribution in [0.3, 0.4) is 0 Å². The zero-order valence-corrected chi connectivity index (χ0v) is 7.36. The van der Waals surface area contributed by atoms with E-state index in [4.69, 9.17) is 11.6 Å². The van der Waals surface area contributed by atoms with E-state index in [9.17, 15) is 9.90 Å². The van der Waals surface area contributed by atoms with Crippen molar-refractivity contribution in [2.45, 2.75) is 26.7 Å². The van der Waals surface area contributed by atoms with Crippen LogP contribution < -0.4 is 5.11 Å². The Kier molecular flexibility index (Phi) is 1.97. The first-order chi connectivity index (χ1) is 4.92. The summed E-state index contributed by atoms with van der Waals surface area (Å²) in [5, 5.41) is 10.9. The fourth-order valence-electron chi connectivity index (χ4n) is 1.24. The first-order valence-corrected chi connectivity index (χ1v) is 3.89. The number of Topliss-reactive ketones (excluding diaryl/α,β-unsaturated/α-hetero) is 1. The molecule has 0 spiro atoms. The molecular formula is C8H10ClO2-. The molecule has 0 aromatic carbocycles. The summed E-state index contributed by atoms with van der Waals surface area (Å²) in [6, 6.07) is 0. The number of hydrogen-bond acceptors (Lipinski definition) is 2. The van der Waals surface area contributed by atoms with Crippen molar-refractivity contribution in [2.24, 2.45) is 5.41 Å². The lowest BCUT2D eigenvalue weighted by atomic mass is 9.79. The van der Waals surface area contributed by atoms with Crippen LogP contribution in [0.1, 0.15) is 26.7 Å². The van der Waals surface area contributed by atoms with Crippen LogP contribution in [0.25, 0.3) is 0 Å². The molecule has 0 unspecified atom stereocenters. The van der Waals surface area contributed by atoms with Crippen molar-refractivity contribution in [1.82, 2.24) is 0 Å². The van der Waals surface area contributed by atoms with Gasteiger partial charge in [0, 0.05) is 6.42 Å². The third-order valence-corrected chi connectivity index (χ3v) is 2.19. The molecule has 1 aliphatic carbocycles. The first kappa shape index (κ1) is 8.60. The van der Waals surface area contributed by atoms with E-state index in [2.05, 4.69) is 0 Å². The molecule has 1 rings (SSSR count). The number of ketones is 1. The van der Waals surface area contributed by atoms with Gasteiger partial charge in [0.25, 0.3) is 0 Å². The number of rotatable bonds is 0. The lowest BCUT2D eigenvalue weighted by Gasteiger charge is -2.32. The van der Waals surface area contributed by atoms with Crippen molar-refractivity contribution in [2.75, 3.05) is 0 Å². The van der Waals surface area contributed by atoms with Crippen LogP contribution in [-0.2, 0) is 4.79 Å². The van der Waals surface area contributed by atoms with Crippen molar-refractivity contribution in [3.05, 3.63) is 10.8 Å². The Balaban J connectivity index is 2.94. The van der Waals surface area contributed by atoms with E-state index in [1.807, 2.05) is 13.8 Å². The van der Waals surface area contributed by atoms with E-state index >= 15 is 0 Å². The first-order valence-electron chi connectivity index (χ1n) is 3.51. The maximum absolute atomic E-state index is 11.0. The van der Waals surface area contributed by atoms with Crippen molar-refractivity contribution in [3.63, 3.8) is 0 Å². The normalized spacial score (nSPS) is 24.1. The molecule has 62 valence electrons. The Bertz CT molecular complexity index is 228. The van der Waals surface area contributed by atoms with Gasteiger partial charge in [-0.25, -0.2) is 0 Å². The molecule has 0 aromatic heterocycles. The Morgan fingerprint density at radius 2 is 2.00 bits per heavy atom. The maximum atomic E-state index is 11.0. The Hall–Kier alpha value is -0.500. The average Bonchev–Trinajstić information content (AvgIpc) is 1.81.